The Balaban J connectivity index is 1.23. The summed E-state index contributed by atoms with van der Waals surface area (Å²) in [5.41, 5.74) is 4.71. The predicted octanol–water partition coefficient (Wildman–Crippen LogP) is 7.50. The minimum Gasteiger partial charge on any atom is -0.494 e. The summed E-state index contributed by atoms with van der Waals surface area (Å²) in [5.74, 6) is -1.18. The van der Waals surface area contributed by atoms with E-state index in [4.69, 9.17) is 23.7 Å². The molecule has 0 fully saturated rings. The first-order valence-corrected chi connectivity index (χ1v) is 14.9. The zero-order valence-electron chi connectivity index (χ0n) is 25.4. The molecule has 0 aliphatic heterocycles. The molecule has 9 heteroatoms. The molecule has 1 aliphatic carbocycles. The maximum Gasteiger partial charge on any atom is 0.366 e. The van der Waals surface area contributed by atoms with Crippen LogP contribution in [0.5, 0.6) is 17.2 Å². The monoisotopic (exact) mass is 616 g/mol. The van der Waals surface area contributed by atoms with Crippen LogP contribution in [-0.2, 0) is 19.1 Å². The Morgan fingerprint density at radius 3 is 1.96 bits per heavy atom. The summed E-state index contributed by atoms with van der Waals surface area (Å²) in [5, 5.41) is 0. The number of hydrogen-bond donors (Lipinski definition) is 0. The molecule has 4 rings (SSSR count). The lowest BCUT2D eigenvalue weighted by Crippen LogP contribution is -2.09. The highest BCUT2D eigenvalue weighted by Crippen LogP contribution is 2.47. The molecule has 1 aliphatic rings. The number of rotatable bonds is 17. The summed E-state index contributed by atoms with van der Waals surface area (Å²) in [6.07, 6.45) is 5.13. The van der Waals surface area contributed by atoms with E-state index in [0.29, 0.717) is 49.1 Å². The predicted molar refractivity (Wildman–Crippen MR) is 167 cm³/mol. The number of hydrogen-bond acceptors (Lipinski definition) is 8. The fraction of sp³-hybridized carbons (Fsp3) is 0.306. The average molecular weight is 617 g/mol. The SMILES string of the molecule is C=CC(=O)OCCCCCCOc1ccc(C(=O)Oc2ccc3c(c2)C(C)c2cc(OCCCOC(=O)C(=C)F)ccc2-3)cc1. The summed E-state index contributed by atoms with van der Waals surface area (Å²) in [7, 11) is 0. The van der Waals surface area contributed by atoms with E-state index in [1.165, 1.54) is 0 Å². The Kier molecular flexibility index (Phi) is 11.9. The highest BCUT2D eigenvalue weighted by atomic mass is 19.1. The van der Waals surface area contributed by atoms with Crippen molar-refractivity contribution < 1.29 is 42.5 Å². The molecule has 0 bridgehead atoms. The molecule has 3 aromatic rings. The molecule has 8 nitrogen and oxygen atoms in total. The maximum absolute atomic E-state index is 12.9. The van der Waals surface area contributed by atoms with Crippen LogP contribution < -0.4 is 14.2 Å². The van der Waals surface area contributed by atoms with Crippen LogP contribution in [0.3, 0.4) is 0 Å². The molecule has 3 aromatic carbocycles. The van der Waals surface area contributed by atoms with Gasteiger partial charge in [-0.05, 0) is 96.5 Å². The molecule has 1 atom stereocenters. The van der Waals surface area contributed by atoms with Crippen molar-refractivity contribution in [2.45, 2.75) is 44.9 Å². The second kappa shape index (κ2) is 16.2. The van der Waals surface area contributed by atoms with Gasteiger partial charge in [-0.1, -0.05) is 32.2 Å². The maximum atomic E-state index is 12.9. The first-order valence-electron chi connectivity index (χ1n) is 14.9. The fourth-order valence-electron chi connectivity index (χ4n) is 4.93. The van der Waals surface area contributed by atoms with Gasteiger partial charge in [-0.15, -0.1) is 0 Å². The number of unbranched alkanes of at least 4 members (excludes halogenated alkanes) is 3. The third-order valence-electron chi connectivity index (χ3n) is 7.30. The van der Waals surface area contributed by atoms with E-state index in [9.17, 15) is 18.8 Å². The van der Waals surface area contributed by atoms with E-state index >= 15 is 0 Å². The number of benzene rings is 3. The molecule has 0 radical (unpaired) electrons. The van der Waals surface area contributed by atoms with E-state index in [-0.39, 0.29) is 12.5 Å². The Labute approximate surface area is 262 Å². The minimum atomic E-state index is -1.12. The number of halogens is 1. The van der Waals surface area contributed by atoms with Crippen LogP contribution in [0.15, 0.2) is 85.7 Å². The number of fused-ring (bicyclic) bond motifs is 3. The van der Waals surface area contributed by atoms with Crippen LogP contribution in [0.25, 0.3) is 11.1 Å². The smallest absolute Gasteiger partial charge is 0.366 e. The van der Waals surface area contributed by atoms with Gasteiger partial charge >= 0.3 is 17.9 Å². The van der Waals surface area contributed by atoms with Crippen LogP contribution in [0.4, 0.5) is 4.39 Å². The molecule has 0 aromatic heterocycles. The first kappa shape index (κ1) is 33.0. The Bertz CT molecular complexity index is 1530. The molecule has 0 saturated heterocycles. The van der Waals surface area contributed by atoms with Crippen molar-refractivity contribution >= 4 is 17.9 Å². The first-order chi connectivity index (χ1) is 21.8. The zero-order chi connectivity index (χ0) is 32.2. The van der Waals surface area contributed by atoms with Crippen LogP contribution in [0.2, 0.25) is 0 Å². The average Bonchev–Trinajstić information content (AvgIpc) is 3.32. The lowest BCUT2D eigenvalue weighted by molar-refractivity contribution is -0.141. The van der Waals surface area contributed by atoms with Gasteiger partial charge < -0.3 is 23.7 Å². The van der Waals surface area contributed by atoms with Gasteiger partial charge in [-0.2, -0.15) is 4.39 Å². The van der Waals surface area contributed by atoms with E-state index in [0.717, 1.165) is 54.0 Å². The van der Waals surface area contributed by atoms with Crippen molar-refractivity contribution in [1.82, 2.24) is 0 Å². The van der Waals surface area contributed by atoms with Gasteiger partial charge in [0.1, 0.15) is 17.2 Å². The molecule has 0 spiro atoms. The molecule has 0 N–H and O–H groups in total. The molecule has 0 heterocycles. The van der Waals surface area contributed by atoms with E-state index < -0.39 is 23.7 Å². The largest absolute Gasteiger partial charge is 0.494 e. The van der Waals surface area contributed by atoms with Crippen molar-refractivity contribution in [3.05, 3.63) is 102 Å². The molecular formula is C36H37FO8. The highest BCUT2D eigenvalue weighted by molar-refractivity contribution is 5.91. The summed E-state index contributed by atoms with van der Waals surface area (Å²) < 4.78 is 39.7. The molecule has 1 unspecified atom stereocenters. The van der Waals surface area contributed by atoms with E-state index in [1.54, 1.807) is 30.3 Å². The van der Waals surface area contributed by atoms with E-state index in [1.807, 2.05) is 30.3 Å². The summed E-state index contributed by atoms with van der Waals surface area (Å²) >= 11 is 0. The molecular weight excluding hydrogens is 579 g/mol. The highest BCUT2D eigenvalue weighted by Gasteiger charge is 2.27. The molecule has 0 saturated carbocycles. The van der Waals surface area contributed by atoms with Gasteiger partial charge in [-0.25, -0.2) is 14.4 Å². The molecule has 45 heavy (non-hydrogen) atoms. The van der Waals surface area contributed by atoms with Crippen molar-refractivity contribution in [3.8, 4) is 28.4 Å². The number of esters is 3. The van der Waals surface area contributed by atoms with Gasteiger partial charge in [0.15, 0.2) is 0 Å². The topological polar surface area (TPSA) is 97.4 Å². The quantitative estimate of drug-likeness (QED) is 0.0666. The Morgan fingerprint density at radius 1 is 0.733 bits per heavy atom. The van der Waals surface area contributed by atoms with Crippen molar-refractivity contribution in [1.29, 1.82) is 0 Å². The summed E-state index contributed by atoms with van der Waals surface area (Å²) in [6, 6.07) is 18.4. The minimum absolute atomic E-state index is 0.0360. The second-order valence-corrected chi connectivity index (χ2v) is 10.5. The van der Waals surface area contributed by atoms with E-state index in [2.05, 4.69) is 20.1 Å². The molecule has 0 amide bonds. The zero-order valence-corrected chi connectivity index (χ0v) is 25.4. The van der Waals surface area contributed by atoms with Gasteiger partial charge in [0.2, 0.25) is 5.83 Å². The van der Waals surface area contributed by atoms with Gasteiger partial charge in [0.25, 0.3) is 0 Å². The van der Waals surface area contributed by atoms with Crippen molar-refractivity contribution in [2.24, 2.45) is 0 Å². The van der Waals surface area contributed by atoms with Gasteiger partial charge in [0, 0.05) is 18.4 Å². The summed E-state index contributed by atoms with van der Waals surface area (Å²) in [6.45, 7) is 9.64. The number of carbonyl (C=O) groups is 3. The third kappa shape index (κ3) is 9.28. The van der Waals surface area contributed by atoms with Crippen LogP contribution in [0, 0.1) is 0 Å². The number of ether oxygens (including phenoxy) is 5. The molecule has 236 valence electrons. The number of carbonyl (C=O) groups excluding carboxylic acids is 3. The lowest BCUT2D eigenvalue weighted by Gasteiger charge is -2.11. The van der Waals surface area contributed by atoms with Crippen LogP contribution in [-0.4, -0.2) is 44.3 Å². The standard InChI is InChI=1S/C36H37FO8/c1-4-34(38)43-19-8-6-5-7-18-41-27-12-10-26(11-13-27)36(40)45-29-15-17-31-30-16-14-28(22-32(30)24(2)33(31)23-29)42-20-9-21-44-35(39)25(3)37/h4,10-17,22-24H,1,3,5-9,18-21H2,2H3. The fourth-order valence-corrected chi connectivity index (χ4v) is 4.93. The Morgan fingerprint density at radius 2 is 1.29 bits per heavy atom. The van der Waals surface area contributed by atoms with Crippen LogP contribution >= 0.6 is 0 Å². The third-order valence-corrected chi connectivity index (χ3v) is 7.30. The van der Waals surface area contributed by atoms with Gasteiger partial charge in [0.05, 0.1) is 32.0 Å². The Hall–Kier alpha value is -4.92. The summed E-state index contributed by atoms with van der Waals surface area (Å²) in [4.78, 5) is 35.0. The van der Waals surface area contributed by atoms with Crippen LogP contribution in [0.1, 0.15) is 66.4 Å². The normalized spacial score (nSPS) is 12.8. The second-order valence-electron chi connectivity index (χ2n) is 10.5. The van der Waals surface area contributed by atoms with Gasteiger partial charge in [-0.3, -0.25) is 0 Å². The van der Waals surface area contributed by atoms with Crippen molar-refractivity contribution in [2.75, 3.05) is 26.4 Å². The van der Waals surface area contributed by atoms with Crippen molar-refractivity contribution in [3.63, 3.8) is 0 Å². The lowest BCUT2D eigenvalue weighted by atomic mass is 9.99.